The number of methoxy groups -OCH3 is 1. The summed E-state index contributed by atoms with van der Waals surface area (Å²) in [6.07, 6.45) is 5.28. The number of carbonyl (C=O) groups excluding carboxylic acids is 1. The summed E-state index contributed by atoms with van der Waals surface area (Å²) in [6.45, 7) is 1.93. The number of nitrogens with zero attached hydrogens (tertiary/aromatic N) is 1. The molecule has 6 heteroatoms. The van der Waals surface area contributed by atoms with E-state index in [1.807, 2.05) is 55.5 Å². The van der Waals surface area contributed by atoms with Crippen LogP contribution in [0.3, 0.4) is 0 Å². The molecular weight excluding hydrogens is 425 g/mol. The molecule has 34 heavy (non-hydrogen) atoms. The van der Waals surface area contributed by atoms with Crippen LogP contribution in [0.15, 0.2) is 89.4 Å². The molecule has 0 aliphatic rings. The van der Waals surface area contributed by atoms with Gasteiger partial charge in [-0.15, -0.1) is 0 Å². The highest BCUT2D eigenvalue weighted by atomic mass is 16.5. The van der Waals surface area contributed by atoms with E-state index in [1.165, 1.54) is 7.28 Å². The third kappa shape index (κ3) is 6.26. The summed E-state index contributed by atoms with van der Waals surface area (Å²) < 4.78 is 16.3. The van der Waals surface area contributed by atoms with Crippen molar-refractivity contribution >= 4 is 19.2 Å². The maximum Gasteiger partial charge on any atom is 0.266 e. The van der Waals surface area contributed by atoms with Crippen LogP contribution in [-0.2, 0) is 12.7 Å². The van der Waals surface area contributed by atoms with E-state index in [1.54, 1.807) is 31.4 Å². The number of benzene rings is 3. The van der Waals surface area contributed by atoms with Crippen LogP contribution in [-0.4, -0.2) is 25.2 Å². The van der Waals surface area contributed by atoms with Crippen molar-refractivity contribution in [1.82, 2.24) is 4.98 Å². The van der Waals surface area contributed by atoms with Crippen LogP contribution < -0.4 is 9.47 Å². The van der Waals surface area contributed by atoms with Crippen LogP contribution in [0.25, 0.3) is 17.5 Å². The number of hydrogen-bond donors (Lipinski definition) is 0. The molecule has 3 aromatic carbocycles. The number of aryl methyl sites for hydroxylation is 1. The first-order valence-electron chi connectivity index (χ1n) is 11.1. The molecule has 5 nitrogen and oxygen atoms in total. The Bertz CT molecular complexity index is 1260. The smallest absolute Gasteiger partial charge is 0.266 e. The Morgan fingerprint density at radius 1 is 1.00 bits per heavy atom. The van der Waals surface area contributed by atoms with Crippen LogP contribution >= 0.6 is 0 Å². The first-order valence-corrected chi connectivity index (χ1v) is 11.1. The van der Waals surface area contributed by atoms with E-state index in [0.717, 1.165) is 28.1 Å². The zero-order valence-corrected chi connectivity index (χ0v) is 19.2. The average molecular weight is 450 g/mol. The Hall–Kier alpha value is -4.06. The number of carbonyl (C=O) groups is 1. The van der Waals surface area contributed by atoms with E-state index in [-0.39, 0.29) is 5.87 Å². The van der Waals surface area contributed by atoms with Crippen molar-refractivity contribution in [1.29, 1.82) is 0 Å². The van der Waals surface area contributed by atoms with Crippen LogP contribution in [0, 0.1) is 6.92 Å². The van der Waals surface area contributed by atoms with Gasteiger partial charge in [-0.05, 0) is 55.2 Å². The molecule has 0 N–H and O–H groups in total. The van der Waals surface area contributed by atoms with Crippen molar-refractivity contribution in [2.75, 3.05) is 7.11 Å². The summed E-state index contributed by atoms with van der Waals surface area (Å²) >= 11 is 0. The van der Waals surface area contributed by atoms with Crippen LogP contribution in [0.4, 0.5) is 4.79 Å². The van der Waals surface area contributed by atoms with E-state index in [2.05, 4.69) is 23.2 Å². The number of hydrogen-bond acceptors (Lipinski definition) is 5. The number of ether oxygens (including phenoxy) is 2. The van der Waals surface area contributed by atoms with Gasteiger partial charge >= 0.3 is 0 Å². The second-order valence-electron chi connectivity index (χ2n) is 7.74. The molecular formula is C28H25BNO4. The molecule has 0 fully saturated rings. The molecule has 1 heterocycles. The second kappa shape index (κ2) is 11.2. The molecule has 0 bridgehead atoms. The molecule has 1 aromatic heterocycles. The summed E-state index contributed by atoms with van der Waals surface area (Å²) in [4.78, 5) is 16.8. The summed E-state index contributed by atoms with van der Waals surface area (Å²) in [5.74, 6) is 2.27. The molecule has 169 valence electrons. The lowest BCUT2D eigenvalue weighted by Gasteiger charge is -2.05. The second-order valence-corrected chi connectivity index (χ2v) is 7.74. The molecule has 1 radical (unpaired) electrons. The molecule has 0 aliphatic carbocycles. The highest BCUT2D eigenvalue weighted by Crippen LogP contribution is 2.22. The molecule has 4 rings (SSSR count). The minimum absolute atomic E-state index is 0.387. The van der Waals surface area contributed by atoms with Crippen LogP contribution in [0.1, 0.15) is 22.6 Å². The van der Waals surface area contributed by atoms with Crippen LogP contribution in [0.2, 0.25) is 0 Å². The lowest BCUT2D eigenvalue weighted by molar-refractivity contribution is 0.224. The fourth-order valence-corrected chi connectivity index (χ4v) is 3.45. The maximum absolute atomic E-state index is 12.2. The quantitative estimate of drug-likeness (QED) is 0.280. The van der Waals surface area contributed by atoms with Gasteiger partial charge in [-0.1, -0.05) is 60.2 Å². The first kappa shape index (κ1) is 23.1. The molecule has 0 saturated carbocycles. The van der Waals surface area contributed by atoms with Crippen molar-refractivity contribution < 1.29 is 18.7 Å². The normalized spacial score (nSPS) is 10.9. The van der Waals surface area contributed by atoms with E-state index in [0.29, 0.717) is 30.1 Å². The summed E-state index contributed by atoms with van der Waals surface area (Å²) in [5, 5.41) is 0. The fraction of sp³-hybridized carbons (Fsp3) is 0.143. The monoisotopic (exact) mass is 450 g/mol. The fourth-order valence-electron chi connectivity index (χ4n) is 3.45. The van der Waals surface area contributed by atoms with Crippen LogP contribution in [0.5, 0.6) is 11.5 Å². The number of oxazole rings is 1. The first-order chi connectivity index (χ1) is 16.6. The minimum atomic E-state index is -0.387. The Morgan fingerprint density at radius 2 is 1.76 bits per heavy atom. The predicted octanol–water partition coefficient (Wildman–Crippen LogP) is 6.32. The van der Waals surface area contributed by atoms with Crippen molar-refractivity contribution in [2.45, 2.75) is 19.7 Å². The Morgan fingerprint density at radius 3 is 2.53 bits per heavy atom. The molecule has 0 aliphatic heterocycles. The van der Waals surface area contributed by atoms with Crippen molar-refractivity contribution in [3.05, 3.63) is 108 Å². The Balaban J connectivity index is 1.31. The molecule has 0 unspecified atom stereocenters. The highest BCUT2D eigenvalue weighted by molar-refractivity contribution is 6.71. The SMILES string of the molecule is COc1ccc(OC(=O)[B]Cc2cccc(/C=C/Cc3nc(-c4ccccc4)oc3C)c2)cc1. The minimum Gasteiger partial charge on any atom is -0.497 e. The van der Waals surface area contributed by atoms with Gasteiger partial charge in [0.15, 0.2) is 0 Å². The molecule has 0 amide bonds. The van der Waals surface area contributed by atoms with E-state index in [9.17, 15) is 4.79 Å². The van der Waals surface area contributed by atoms with Gasteiger partial charge < -0.3 is 13.9 Å². The van der Waals surface area contributed by atoms with Gasteiger partial charge in [-0.3, -0.25) is 4.79 Å². The van der Waals surface area contributed by atoms with Gasteiger partial charge in [0.25, 0.3) is 7.28 Å². The molecule has 4 aromatic rings. The average Bonchev–Trinajstić information content (AvgIpc) is 3.24. The topological polar surface area (TPSA) is 61.6 Å². The molecule has 0 atom stereocenters. The van der Waals surface area contributed by atoms with E-state index in [4.69, 9.17) is 13.9 Å². The predicted molar refractivity (Wildman–Crippen MR) is 134 cm³/mol. The van der Waals surface area contributed by atoms with Gasteiger partial charge in [-0.25, -0.2) is 4.98 Å². The van der Waals surface area contributed by atoms with E-state index < -0.39 is 0 Å². The standard InChI is InChI=1S/C28H25BNO4/c1-20-26(30-27(33-20)23-11-4-3-5-12-23)13-7-9-21-8-6-10-22(18-21)19-29-28(31)34-25-16-14-24(32-2)15-17-25/h3-12,14-18H,13,19H2,1-2H3/b9-7+. The van der Waals surface area contributed by atoms with Gasteiger partial charge in [0, 0.05) is 12.0 Å². The number of allylic oxidation sites excluding steroid dienone is 1. The van der Waals surface area contributed by atoms with Gasteiger partial charge in [0.1, 0.15) is 17.3 Å². The third-order valence-corrected chi connectivity index (χ3v) is 5.27. The zero-order valence-electron chi connectivity index (χ0n) is 19.2. The van der Waals surface area contributed by atoms with Gasteiger partial charge in [-0.2, -0.15) is 0 Å². The number of rotatable bonds is 9. The van der Waals surface area contributed by atoms with Crippen molar-refractivity contribution in [3.8, 4) is 23.0 Å². The van der Waals surface area contributed by atoms with Gasteiger partial charge in [0.05, 0.1) is 12.8 Å². The highest BCUT2D eigenvalue weighted by Gasteiger charge is 2.10. The molecule has 0 saturated heterocycles. The third-order valence-electron chi connectivity index (χ3n) is 5.27. The largest absolute Gasteiger partial charge is 0.497 e. The zero-order chi connectivity index (χ0) is 23.8. The Labute approximate surface area is 200 Å². The Kier molecular flexibility index (Phi) is 7.61. The summed E-state index contributed by atoms with van der Waals surface area (Å²) in [5.41, 5.74) is 3.97. The maximum atomic E-state index is 12.2. The van der Waals surface area contributed by atoms with E-state index >= 15 is 0 Å². The lowest BCUT2D eigenvalue weighted by atomic mass is 9.72. The lowest BCUT2D eigenvalue weighted by Crippen LogP contribution is -2.17. The van der Waals surface area contributed by atoms with Crippen molar-refractivity contribution in [3.63, 3.8) is 0 Å². The van der Waals surface area contributed by atoms with Crippen molar-refractivity contribution in [2.24, 2.45) is 0 Å². The molecule has 0 spiro atoms. The summed E-state index contributed by atoms with van der Waals surface area (Å²) in [6, 6.07) is 24.8. The number of aromatic nitrogens is 1. The van der Waals surface area contributed by atoms with Gasteiger partial charge in [0.2, 0.25) is 11.8 Å². The summed E-state index contributed by atoms with van der Waals surface area (Å²) in [7, 11) is 3.13.